The third-order valence-corrected chi connectivity index (χ3v) is 7.57. The fourth-order valence-corrected chi connectivity index (χ4v) is 5.72. The number of nitrogens with one attached hydrogen (secondary N) is 1. The van der Waals surface area contributed by atoms with Crippen LogP contribution in [-0.4, -0.2) is 47.2 Å². The Morgan fingerprint density at radius 2 is 1.72 bits per heavy atom. The zero-order chi connectivity index (χ0) is 19.7. The SMILES string of the molecule is O=C1N(CC2CCN(c3ccc(-c4cn[nH]c4)cc3)CC2)CCC12CCCCC2. The Hall–Kier alpha value is -2.30. The van der Waals surface area contributed by atoms with Gasteiger partial charge in [-0.25, -0.2) is 0 Å². The number of hydrogen-bond acceptors (Lipinski definition) is 3. The molecule has 3 fully saturated rings. The van der Waals surface area contributed by atoms with Crippen molar-refractivity contribution in [1.82, 2.24) is 15.1 Å². The van der Waals surface area contributed by atoms with E-state index in [9.17, 15) is 4.79 Å². The first kappa shape index (κ1) is 18.7. The number of aromatic amines is 1. The molecule has 3 aliphatic rings. The van der Waals surface area contributed by atoms with Crippen molar-refractivity contribution in [2.75, 3.05) is 31.1 Å². The molecule has 5 heteroatoms. The summed E-state index contributed by atoms with van der Waals surface area (Å²) in [6.45, 7) is 4.15. The molecule has 2 saturated heterocycles. The van der Waals surface area contributed by atoms with Crippen molar-refractivity contribution in [1.29, 1.82) is 0 Å². The minimum Gasteiger partial charge on any atom is -0.372 e. The second kappa shape index (κ2) is 7.85. The third-order valence-electron chi connectivity index (χ3n) is 7.57. The van der Waals surface area contributed by atoms with E-state index in [1.54, 1.807) is 0 Å². The molecule has 5 nitrogen and oxygen atoms in total. The van der Waals surface area contributed by atoms with Crippen LogP contribution in [0.15, 0.2) is 36.7 Å². The van der Waals surface area contributed by atoms with Crippen molar-refractivity contribution in [3.05, 3.63) is 36.7 Å². The number of carbonyl (C=O) groups is 1. The summed E-state index contributed by atoms with van der Waals surface area (Å²) < 4.78 is 0. The average molecular weight is 393 g/mol. The summed E-state index contributed by atoms with van der Waals surface area (Å²) in [7, 11) is 0. The van der Waals surface area contributed by atoms with E-state index in [0.717, 1.165) is 51.0 Å². The summed E-state index contributed by atoms with van der Waals surface area (Å²) in [6.07, 6.45) is 13.3. The largest absolute Gasteiger partial charge is 0.372 e. The van der Waals surface area contributed by atoms with Crippen LogP contribution in [0.4, 0.5) is 5.69 Å². The number of benzene rings is 1. The highest BCUT2D eigenvalue weighted by Crippen LogP contribution is 2.45. The van der Waals surface area contributed by atoms with E-state index in [4.69, 9.17) is 0 Å². The second-order valence-electron chi connectivity index (χ2n) is 9.31. The molecule has 1 aromatic carbocycles. The number of likely N-dealkylation sites (tertiary alicyclic amines) is 1. The number of amides is 1. The highest BCUT2D eigenvalue weighted by Gasteiger charge is 2.47. The first-order valence-corrected chi connectivity index (χ1v) is 11.4. The van der Waals surface area contributed by atoms with Gasteiger partial charge in [0.15, 0.2) is 0 Å². The second-order valence-corrected chi connectivity index (χ2v) is 9.31. The molecule has 154 valence electrons. The first-order chi connectivity index (χ1) is 14.2. The standard InChI is InChI=1S/C24H32N4O/c29-23-24(10-2-1-3-11-24)12-15-28(23)18-19-8-13-27(14-9-19)22-6-4-20(5-7-22)21-16-25-26-17-21/h4-7,16-17,19H,1-3,8-15,18H2,(H,25,26). The van der Waals surface area contributed by atoms with Crippen LogP contribution in [0.5, 0.6) is 0 Å². The molecule has 0 bridgehead atoms. The molecule has 1 spiro atoms. The van der Waals surface area contributed by atoms with E-state index < -0.39 is 0 Å². The molecular formula is C24H32N4O. The lowest BCUT2D eigenvalue weighted by Gasteiger charge is -2.36. The predicted molar refractivity (Wildman–Crippen MR) is 116 cm³/mol. The maximum Gasteiger partial charge on any atom is 0.228 e. The normalized spacial score (nSPS) is 22.6. The van der Waals surface area contributed by atoms with E-state index >= 15 is 0 Å². The topological polar surface area (TPSA) is 52.2 Å². The van der Waals surface area contributed by atoms with Gasteiger partial charge in [-0.05, 0) is 55.7 Å². The minimum atomic E-state index is 0.0235. The molecule has 1 aliphatic carbocycles. The smallest absolute Gasteiger partial charge is 0.228 e. The van der Waals surface area contributed by atoms with Crippen LogP contribution < -0.4 is 4.90 Å². The van der Waals surface area contributed by atoms with Gasteiger partial charge in [-0.1, -0.05) is 31.4 Å². The number of aromatic nitrogens is 2. The van der Waals surface area contributed by atoms with E-state index in [2.05, 4.69) is 44.3 Å². The van der Waals surface area contributed by atoms with Crippen molar-refractivity contribution in [2.24, 2.45) is 11.3 Å². The maximum absolute atomic E-state index is 13.1. The van der Waals surface area contributed by atoms with Gasteiger partial charge in [0.05, 0.1) is 11.6 Å². The first-order valence-electron chi connectivity index (χ1n) is 11.4. The quantitative estimate of drug-likeness (QED) is 0.835. The Balaban J connectivity index is 1.15. The van der Waals surface area contributed by atoms with Gasteiger partial charge in [-0.2, -0.15) is 5.10 Å². The number of H-pyrrole nitrogens is 1. The van der Waals surface area contributed by atoms with Gasteiger partial charge in [0.25, 0.3) is 0 Å². The van der Waals surface area contributed by atoms with Gasteiger partial charge < -0.3 is 9.80 Å². The molecule has 2 aliphatic heterocycles. The molecule has 1 N–H and O–H groups in total. The molecule has 3 heterocycles. The highest BCUT2D eigenvalue weighted by molar-refractivity contribution is 5.85. The van der Waals surface area contributed by atoms with Crippen LogP contribution in [-0.2, 0) is 4.79 Å². The molecule has 29 heavy (non-hydrogen) atoms. The van der Waals surface area contributed by atoms with Crippen LogP contribution in [0, 0.1) is 11.3 Å². The third kappa shape index (κ3) is 3.67. The van der Waals surface area contributed by atoms with Gasteiger partial charge in [-0.3, -0.25) is 9.89 Å². The lowest BCUT2D eigenvalue weighted by Crippen LogP contribution is -2.41. The van der Waals surface area contributed by atoms with Gasteiger partial charge in [0.1, 0.15) is 0 Å². The molecule has 5 rings (SSSR count). The minimum absolute atomic E-state index is 0.0235. The van der Waals surface area contributed by atoms with Gasteiger partial charge in [0, 0.05) is 43.6 Å². The predicted octanol–water partition coefficient (Wildman–Crippen LogP) is 4.48. The monoisotopic (exact) mass is 392 g/mol. The number of nitrogens with zero attached hydrogens (tertiary/aromatic N) is 3. The van der Waals surface area contributed by atoms with Crippen LogP contribution >= 0.6 is 0 Å². The summed E-state index contributed by atoms with van der Waals surface area (Å²) >= 11 is 0. The molecule has 1 saturated carbocycles. The van der Waals surface area contributed by atoms with Crippen molar-refractivity contribution >= 4 is 11.6 Å². The lowest BCUT2D eigenvalue weighted by atomic mass is 9.73. The zero-order valence-corrected chi connectivity index (χ0v) is 17.3. The van der Waals surface area contributed by atoms with Crippen molar-refractivity contribution < 1.29 is 4.79 Å². The Morgan fingerprint density at radius 1 is 0.966 bits per heavy atom. The summed E-state index contributed by atoms with van der Waals surface area (Å²) in [5, 5.41) is 6.91. The fraction of sp³-hybridized carbons (Fsp3) is 0.583. The summed E-state index contributed by atoms with van der Waals surface area (Å²) in [6, 6.07) is 8.80. The summed E-state index contributed by atoms with van der Waals surface area (Å²) in [5.41, 5.74) is 3.65. The Bertz CT molecular complexity index is 815. The van der Waals surface area contributed by atoms with Crippen LogP contribution in [0.3, 0.4) is 0 Å². The molecular weight excluding hydrogens is 360 g/mol. The van der Waals surface area contributed by atoms with E-state index in [-0.39, 0.29) is 5.41 Å². The number of anilines is 1. The van der Waals surface area contributed by atoms with Gasteiger partial charge in [-0.15, -0.1) is 0 Å². The van der Waals surface area contributed by atoms with Crippen LogP contribution in [0.1, 0.15) is 51.4 Å². The number of hydrogen-bond donors (Lipinski definition) is 1. The van der Waals surface area contributed by atoms with Gasteiger partial charge in [0.2, 0.25) is 5.91 Å². The Kier molecular flexibility index (Phi) is 5.06. The van der Waals surface area contributed by atoms with E-state index in [0.29, 0.717) is 11.8 Å². The Labute approximate surface area is 173 Å². The summed E-state index contributed by atoms with van der Waals surface area (Å²) in [4.78, 5) is 17.8. The number of rotatable bonds is 4. The fourth-order valence-electron chi connectivity index (χ4n) is 5.72. The summed E-state index contributed by atoms with van der Waals surface area (Å²) in [5.74, 6) is 1.13. The van der Waals surface area contributed by atoms with E-state index in [1.165, 1.54) is 43.4 Å². The highest BCUT2D eigenvalue weighted by atomic mass is 16.2. The average Bonchev–Trinajstić information content (AvgIpc) is 3.41. The molecule has 0 atom stereocenters. The molecule has 1 amide bonds. The van der Waals surface area contributed by atoms with Crippen molar-refractivity contribution in [2.45, 2.75) is 51.4 Å². The van der Waals surface area contributed by atoms with Gasteiger partial charge >= 0.3 is 0 Å². The van der Waals surface area contributed by atoms with Crippen molar-refractivity contribution in [3.8, 4) is 11.1 Å². The molecule has 0 unspecified atom stereocenters. The molecule has 0 radical (unpaired) electrons. The number of carbonyl (C=O) groups excluding carboxylic acids is 1. The lowest BCUT2D eigenvalue weighted by molar-refractivity contribution is -0.138. The number of piperidine rings is 1. The van der Waals surface area contributed by atoms with E-state index in [1.807, 2.05) is 12.4 Å². The van der Waals surface area contributed by atoms with Crippen LogP contribution in [0.2, 0.25) is 0 Å². The maximum atomic E-state index is 13.1. The molecule has 2 aromatic rings. The van der Waals surface area contributed by atoms with Crippen LogP contribution in [0.25, 0.3) is 11.1 Å². The van der Waals surface area contributed by atoms with Crippen molar-refractivity contribution in [3.63, 3.8) is 0 Å². The molecule has 1 aromatic heterocycles. The Morgan fingerprint density at radius 3 is 2.41 bits per heavy atom. The zero-order valence-electron chi connectivity index (χ0n) is 17.3.